The van der Waals surface area contributed by atoms with Gasteiger partial charge in [-0.2, -0.15) is 0 Å². The Bertz CT molecular complexity index is 1010. The van der Waals surface area contributed by atoms with Gasteiger partial charge in [-0.05, 0) is 37.1 Å². The third kappa shape index (κ3) is 2.95. The van der Waals surface area contributed by atoms with E-state index in [4.69, 9.17) is 4.74 Å². The van der Waals surface area contributed by atoms with Crippen LogP contribution in [0, 0.1) is 11.8 Å². The Kier molecular flexibility index (Phi) is 4.24. The molecule has 2 amide bonds. The molecule has 2 aromatic heterocycles. The number of H-pyrrole nitrogens is 1. The summed E-state index contributed by atoms with van der Waals surface area (Å²) in [7, 11) is 0. The number of aromatic nitrogens is 2. The van der Waals surface area contributed by atoms with Gasteiger partial charge in [-0.25, -0.2) is 0 Å². The van der Waals surface area contributed by atoms with Crippen LogP contribution in [0.15, 0.2) is 47.5 Å². The first-order chi connectivity index (χ1) is 14.1. The zero-order valence-electron chi connectivity index (χ0n) is 15.8. The molecule has 8 heteroatoms. The third-order valence-corrected chi connectivity index (χ3v) is 6.52. The van der Waals surface area contributed by atoms with Gasteiger partial charge in [0.2, 0.25) is 0 Å². The smallest absolute Gasteiger partial charge is 0.269 e. The molecule has 0 radical (unpaired) electrons. The summed E-state index contributed by atoms with van der Waals surface area (Å²) >= 11 is 0. The number of hydrogen-bond acceptors (Lipinski definition) is 5. The number of carbonyl (C=O) groups excluding carboxylic acids is 2. The second kappa shape index (κ2) is 6.81. The molecular formula is C21H22N4O4. The lowest BCUT2D eigenvalue weighted by atomic mass is 9.73. The molecule has 4 atom stereocenters. The molecule has 29 heavy (non-hydrogen) atoms. The normalized spacial score (nSPS) is 29.7. The van der Waals surface area contributed by atoms with Crippen molar-refractivity contribution in [2.75, 3.05) is 19.6 Å². The van der Waals surface area contributed by atoms with Crippen molar-refractivity contribution in [3.63, 3.8) is 0 Å². The van der Waals surface area contributed by atoms with E-state index in [0.29, 0.717) is 25.3 Å². The van der Waals surface area contributed by atoms with Crippen LogP contribution in [0.4, 0.5) is 0 Å². The number of fused-ring (bicyclic) bond motifs is 1. The monoisotopic (exact) mass is 394 g/mol. The van der Waals surface area contributed by atoms with Gasteiger partial charge in [0.25, 0.3) is 17.4 Å². The highest BCUT2D eigenvalue weighted by Gasteiger charge is 2.63. The van der Waals surface area contributed by atoms with Gasteiger partial charge in [-0.1, -0.05) is 6.07 Å². The Morgan fingerprint density at radius 2 is 2.21 bits per heavy atom. The van der Waals surface area contributed by atoms with Gasteiger partial charge in [-0.15, -0.1) is 0 Å². The fourth-order valence-electron chi connectivity index (χ4n) is 5.18. The van der Waals surface area contributed by atoms with Crippen molar-refractivity contribution in [3.05, 3.63) is 64.3 Å². The quantitative estimate of drug-likeness (QED) is 0.799. The first-order valence-electron chi connectivity index (χ1n) is 9.91. The van der Waals surface area contributed by atoms with E-state index in [0.717, 1.165) is 12.8 Å². The maximum atomic E-state index is 12.9. The van der Waals surface area contributed by atoms with Gasteiger partial charge in [0, 0.05) is 37.3 Å². The standard InChI is InChI=1S/C21H22N4O4/c26-18-13(4-3-9-23-18)20(28)25-11-15-14(17-6-7-21(15,12-25)29-17)10-24-19(27)16-5-1-2-8-22-16/h1-5,8-9,14-15,17H,6-7,10-12H2,(H,23,26)(H,24,27)/t14-,15+,17+,21+/m0/s1. The van der Waals surface area contributed by atoms with E-state index in [1.165, 1.54) is 6.20 Å². The highest BCUT2D eigenvalue weighted by atomic mass is 16.5. The van der Waals surface area contributed by atoms with E-state index in [1.807, 2.05) is 0 Å². The molecule has 2 N–H and O–H groups in total. The van der Waals surface area contributed by atoms with E-state index < -0.39 is 0 Å². The second-order valence-electron chi connectivity index (χ2n) is 8.05. The molecule has 0 saturated carbocycles. The van der Waals surface area contributed by atoms with Gasteiger partial charge >= 0.3 is 0 Å². The lowest BCUT2D eigenvalue weighted by Crippen LogP contribution is -2.42. The molecule has 0 aliphatic carbocycles. The largest absolute Gasteiger partial charge is 0.369 e. The third-order valence-electron chi connectivity index (χ3n) is 6.52. The van der Waals surface area contributed by atoms with E-state index in [1.54, 1.807) is 41.4 Å². The molecule has 0 unspecified atom stereocenters. The number of amides is 2. The topological polar surface area (TPSA) is 104 Å². The fraction of sp³-hybridized carbons (Fsp3) is 0.429. The maximum absolute atomic E-state index is 12.9. The van der Waals surface area contributed by atoms with Crippen molar-refractivity contribution < 1.29 is 14.3 Å². The summed E-state index contributed by atoms with van der Waals surface area (Å²) in [5.41, 5.74) is -0.199. The summed E-state index contributed by atoms with van der Waals surface area (Å²) in [5, 5.41) is 2.98. The zero-order valence-corrected chi connectivity index (χ0v) is 15.8. The number of pyridine rings is 2. The van der Waals surface area contributed by atoms with E-state index in [2.05, 4.69) is 15.3 Å². The number of likely N-dealkylation sites (tertiary alicyclic amines) is 1. The van der Waals surface area contributed by atoms with Gasteiger partial charge in [-0.3, -0.25) is 19.4 Å². The van der Waals surface area contributed by atoms with Gasteiger partial charge in [0.1, 0.15) is 11.3 Å². The van der Waals surface area contributed by atoms with Crippen molar-refractivity contribution >= 4 is 11.8 Å². The van der Waals surface area contributed by atoms with Gasteiger partial charge in [0.15, 0.2) is 0 Å². The molecular weight excluding hydrogens is 372 g/mol. The zero-order chi connectivity index (χ0) is 20.0. The van der Waals surface area contributed by atoms with Crippen molar-refractivity contribution in [2.45, 2.75) is 24.5 Å². The highest BCUT2D eigenvalue weighted by molar-refractivity contribution is 5.94. The van der Waals surface area contributed by atoms with Gasteiger partial charge in [0.05, 0.1) is 18.2 Å². The number of nitrogens with one attached hydrogen (secondary N) is 2. The minimum Gasteiger partial charge on any atom is -0.369 e. The Morgan fingerprint density at radius 1 is 1.31 bits per heavy atom. The number of carbonyl (C=O) groups is 2. The molecule has 3 saturated heterocycles. The first kappa shape index (κ1) is 18.1. The van der Waals surface area contributed by atoms with Crippen LogP contribution in [0.1, 0.15) is 33.7 Å². The Balaban J connectivity index is 1.30. The summed E-state index contributed by atoms with van der Waals surface area (Å²) in [5.74, 6) is -0.177. The average molecular weight is 394 g/mol. The molecule has 3 aliphatic heterocycles. The van der Waals surface area contributed by atoms with Crippen molar-refractivity contribution in [1.82, 2.24) is 20.2 Å². The number of aromatic amines is 1. The molecule has 3 fully saturated rings. The average Bonchev–Trinajstić information content (AvgIpc) is 3.41. The summed E-state index contributed by atoms with van der Waals surface area (Å²) in [4.78, 5) is 45.7. The van der Waals surface area contributed by atoms with Crippen molar-refractivity contribution in [1.29, 1.82) is 0 Å². The lowest BCUT2D eigenvalue weighted by Gasteiger charge is -2.29. The van der Waals surface area contributed by atoms with Crippen molar-refractivity contribution in [3.8, 4) is 0 Å². The predicted molar refractivity (Wildman–Crippen MR) is 103 cm³/mol. The number of hydrogen-bond donors (Lipinski definition) is 2. The molecule has 150 valence electrons. The van der Waals surface area contributed by atoms with Crippen LogP contribution >= 0.6 is 0 Å². The predicted octanol–water partition coefficient (Wildman–Crippen LogP) is 0.819. The maximum Gasteiger partial charge on any atom is 0.269 e. The summed E-state index contributed by atoms with van der Waals surface area (Å²) in [6.45, 7) is 1.51. The molecule has 0 aromatic carbocycles. The SMILES string of the molecule is O=C(NC[C@H]1[C@H]2CN(C(=O)c3ccc[nH]c3=O)C[C@]23CC[C@H]1O3)c1ccccn1. The van der Waals surface area contributed by atoms with Crippen LogP contribution in [0.2, 0.25) is 0 Å². The van der Waals surface area contributed by atoms with Crippen molar-refractivity contribution in [2.24, 2.45) is 11.8 Å². The molecule has 5 rings (SSSR count). The molecule has 2 aromatic rings. The molecule has 8 nitrogen and oxygen atoms in total. The van der Waals surface area contributed by atoms with E-state index in [-0.39, 0.29) is 46.5 Å². The number of nitrogens with zero attached hydrogens (tertiary/aromatic N) is 2. The Hall–Kier alpha value is -3.00. The summed E-state index contributed by atoms with van der Waals surface area (Å²) in [6, 6.07) is 8.44. The van der Waals surface area contributed by atoms with E-state index in [9.17, 15) is 14.4 Å². The number of ether oxygens (including phenoxy) is 1. The molecule has 1 spiro atoms. The minimum absolute atomic E-state index is 0.0985. The molecule has 5 heterocycles. The minimum atomic E-state index is -0.378. The van der Waals surface area contributed by atoms with Crippen LogP contribution in [0.25, 0.3) is 0 Å². The highest BCUT2D eigenvalue weighted by Crippen LogP contribution is 2.54. The Labute approximate surface area is 167 Å². The van der Waals surface area contributed by atoms with Crippen LogP contribution in [-0.4, -0.2) is 58.0 Å². The van der Waals surface area contributed by atoms with E-state index >= 15 is 0 Å². The molecule has 3 aliphatic rings. The first-order valence-corrected chi connectivity index (χ1v) is 9.91. The number of rotatable bonds is 4. The fourth-order valence-corrected chi connectivity index (χ4v) is 5.18. The summed E-state index contributed by atoms with van der Waals surface area (Å²) in [6.07, 6.45) is 5.04. The lowest BCUT2D eigenvalue weighted by molar-refractivity contribution is 0.00315. The van der Waals surface area contributed by atoms with Crippen LogP contribution in [0.5, 0.6) is 0 Å². The second-order valence-corrected chi connectivity index (χ2v) is 8.05. The van der Waals surface area contributed by atoms with Gasteiger partial charge < -0.3 is 19.9 Å². The Morgan fingerprint density at radius 3 is 3.00 bits per heavy atom. The van der Waals surface area contributed by atoms with Crippen LogP contribution < -0.4 is 10.9 Å². The van der Waals surface area contributed by atoms with Crippen LogP contribution in [-0.2, 0) is 4.74 Å². The molecule has 2 bridgehead atoms. The summed E-state index contributed by atoms with van der Waals surface area (Å²) < 4.78 is 6.33. The van der Waals surface area contributed by atoms with Crippen LogP contribution in [0.3, 0.4) is 0 Å².